The van der Waals surface area contributed by atoms with Crippen molar-refractivity contribution < 1.29 is 48.3 Å². The molecule has 0 aromatic carbocycles. The lowest BCUT2D eigenvalue weighted by molar-refractivity contribution is -0.425. The van der Waals surface area contributed by atoms with Gasteiger partial charge in [-0.1, -0.05) is 6.07 Å². The predicted octanol–water partition coefficient (Wildman–Crippen LogP) is 4.64. The second kappa shape index (κ2) is 4.95. The molecule has 0 N–H and O–H groups in total. The molecule has 0 aliphatic carbocycles. The fraction of sp³-hybridized carbons (Fsp3) is 0.500. The van der Waals surface area contributed by atoms with Crippen LogP contribution in [0.4, 0.5) is 48.3 Å². The van der Waals surface area contributed by atoms with Crippen molar-refractivity contribution in [3.63, 3.8) is 0 Å². The summed E-state index contributed by atoms with van der Waals surface area (Å²) in [5.74, 6) is -27.9. The molecule has 1 aromatic heterocycles. The molecule has 0 aliphatic heterocycles. The van der Waals surface area contributed by atoms with Crippen molar-refractivity contribution in [2.75, 3.05) is 0 Å². The summed E-state index contributed by atoms with van der Waals surface area (Å²) in [6.45, 7) is 0. The second-order valence-corrected chi connectivity index (χ2v) is 4.01. The van der Waals surface area contributed by atoms with Crippen molar-refractivity contribution in [2.45, 2.75) is 29.9 Å². The predicted molar refractivity (Wildman–Crippen MR) is 49.0 cm³/mol. The van der Waals surface area contributed by atoms with E-state index in [1.54, 1.807) is 0 Å². The maximum absolute atomic E-state index is 13.4. The van der Waals surface area contributed by atoms with Crippen LogP contribution in [-0.2, 0) is 5.92 Å². The van der Waals surface area contributed by atoms with E-state index in [0.717, 1.165) is 6.07 Å². The van der Waals surface area contributed by atoms with Gasteiger partial charge in [-0.3, -0.25) is 4.98 Å². The van der Waals surface area contributed by atoms with Crippen LogP contribution in [0.1, 0.15) is 5.69 Å². The highest BCUT2D eigenvalue weighted by Crippen LogP contribution is 2.59. The van der Waals surface area contributed by atoms with Crippen LogP contribution in [0.3, 0.4) is 0 Å². The molecule has 0 radical (unpaired) electrons. The Morgan fingerprint density at radius 1 is 0.636 bits per heavy atom. The standard InChI is InChI=1S/C10H4F11N/c11-6(12,5-3-1-2-4-22-5)7(13,14)8(15,16)9(17,18)10(19,20)21/h1-4H. The van der Waals surface area contributed by atoms with Crippen molar-refractivity contribution >= 4 is 0 Å². The van der Waals surface area contributed by atoms with Crippen molar-refractivity contribution in [2.24, 2.45) is 0 Å². The van der Waals surface area contributed by atoms with Crippen LogP contribution in [0, 0.1) is 0 Å². The summed E-state index contributed by atoms with van der Waals surface area (Å²) in [4.78, 5) is 2.58. The van der Waals surface area contributed by atoms with E-state index in [-0.39, 0.29) is 6.07 Å². The van der Waals surface area contributed by atoms with Crippen LogP contribution >= 0.6 is 0 Å². The number of rotatable bonds is 4. The van der Waals surface area contributed by atoms with Gasteiger partial charge in [-0.15, -0.1) is 0 Å². The van der Waals surface area contributed by atoms with Gasteiger partial charge < -0.3 is 0 Å². The Labute approximate surface area is 114 Å². The highest BCUT2D eigenvalue weighted by Gasteiger charge is 2.87. The first-order valence-corrected chi connectivity index (χ1v) is 5.10. The summed E-state index contributed by atoms with van der Waals surface area (Å²) in [5.41, 5.74) is -2.09. The Balaban J connectivity index is 3.45. The molecule has 12 heteroatoms. The molecule has 1 aromatic rings. The highest BCUT2D eigenvalue weighted by molar-refractivity contribution is 5.18. The Bertz CT molecular complexity index is 519. The average Bonchev–Trinajstić information content (AvgIpc) is 2.37. The van der Waals surface area contributed by atoms with E-state index in [9.17, 15) is 48.3 Å². The Morgan fingerprint density at radius 3 is 1.50 bits per heavy atom. The molecule has 1 nitrogen and oxygen atoms in total. The van der Waals surface area contributed by atoms with Gasteiger partial charge in [-0.05, 0) is 12.1 Å². The molecule has 1 rings (SSSR count). The minimum absolute atomic E-state index is 0.0791. The first-order chi connectivity index (χ1) is 9.61. The first kappa shape index (κ1) is 18.4. The van der Waals surface area contributed by atoms with Gasteiger partial charge in [0.25, 0.3) is 0 Å². The van der Waals surface area contributed by atoms with E-state index in [4.69, 9.17) is 0 Å². The molecule has 22 heavy (non-hydrogen) atoms. The molecule has 0 unspecified atom stereocenters. The summed E-state index contributed by atoms with van der Waals surface area (Å²) in [6.07, 6.45) is -6.72. The SMILES string of the molecule is FC(F)(F)C(F)(F)C(F)(F)C(F)(F)C(F)(F)c1ccccn1. The average molecular weight is 347 g/mol. The molecule has 0 bridgehead atoms. The molecule has 0 fully saturated rings. The number of aromatic nitrogens is 1. The first-order valence-electron chi connectivity index (χ1n) is 5.10. The van der Waals surface area contributed by atoms with E-state index in [1.807, 2.05) is 0 Å². The van der Waals surface area contributed by atoms with Crippen molar-refractivity contribution in [3.8, 4) is 0 Å². The maximum atomic E-state index is 13.4. The van der Waals surface area contributed by atoms with Crippen molar-refractivity contribution in [1.29, 1.82) is 0 Å². The summed E-state index contributed by atoms with van der Waals surface area (Å²) >= 11 is 0. The smallest absolute Gasteiger partial charge is 0.255 e. The lowest BCUT2D eigenvalue weighted by atomic mass is 9.96. The molecule has 0 spiro atoms. The molecule has 0 atom stereocenters. The zero-order chi connectivity index (χ0) is 17.6. The lowest BCUT2D eigenvalue weighted by Crippen LogP contribution is -2.65. The number of nitrogens with zero attached hydrogens (tertiary/aromatic N) is 1. The van der Waals surface area contributed by atoms with Gasteiger partial charge in [-0.2, -0.15) is 48.3 Å². The van der Waals surface area contributed by atoms with Gasteiger partial charge in [0, 0.05) is 6.20 Å². The van der Waals surface area contributed by atoms with Crippen molar-refractivity contribution in [1.82, 2.24) is 4.98 Å². The fourth-order valence-electron chi connectivity index (χ4n) is 1.28. The molecule has 126 valence electrons. The van der Waals surface area contributed by atoms with E-state index >= 15 is 0 Å². The van der Waals surface area contributed by atoms with E-state index < -0.39 is 35.6 Å². The summed E-state index contributed by atoms with van der Waals surface area (Å²) in [5, 5.41) is 0. The summed E-state index contributed by atoms with van der Waals surface area (Å²) < 4.78 is 139. The van der Waals surface area contributed by atoms with Gasteiger partial charge in [0.2, 0.25) is 0 Å². The quantitative estimate of drug-likeness (QED) is 0.723. The topological polar surface area (TPSA) is 12.9 Å². The third kappa shape index (κ3) is 2.37. The maximum Gasteiger partial charge on any atom is 0.460 e. The Hall–Kier alpha value is -1.62. The number of hydrogen-bond acceptors (Lipinski definition) is 1. The molecule has 1 heterocycles. The zero-order valence-electron chi connectivity index (χ0n) is 9.91. The van der Waals surface area contributed by atoms with E-state index in [1.165, 1.54) is 0 Å². The number of hydrogen-bond donors (Lipinski definition) is 0. The van der Waals surface area contributed by atoms with Gasteiger partial charge >= 0.3 is 29.9 Å². The normalized spacial score (nSPS) is 15.0. The molecule has 0 saturated carbocycles. The highest BCUT2D eigenvalue weighted by atomic mass is 19.4. The van der Waals surface area contributed by atoms with Crippen molar-refractivity contribution in [3.05, 3.63) is 30.1 Å². The van der Waals surface area contributed by atoms with Crippen LogP contribution in [0.2, 0.25) is 0 Å². The largest absolute Gasteiger partial charge is 0.460 e. The lowest BCUT2D eigenvalue weighted by Gasteiger charge is -2.36. The monoisotopic (exact) mass is 347 g/mol. The molecule has 0 amide bonds. The molecule has 0 saturated heterocycles. The third-order valence-electron chi connectivity index (χ3n) is 2.53. The molecule has 0 aliphatic rings. The van der Waals surface area contributed by atoms with Gasteiger partial charge in [0.1, 0.15) is 5.69 Å². The van der Waals surface area contributed by atoms with Gasteiger partial charge in [-0.25, -0.2) is 0 Å². The number of halogens is 11. The number of alkyl halides is 11. The summed E-state index contributed by atoms with van der Waals surface area (Å²) in [6, 6.07) is 1.61. The van der Waals surface area contributed by atoms with Crippen LogP contribution in [0.5, 0.6) is 0 Å². The fourth-order valence-corrected chi connectivity index (χ4v) is 1.28. The van der Waals surface area contributed by atoms with Crippen LogP contribution in [0.15, 0.2) is 24.4 Å². The Morgan fingerprint density at radius 2 is 1.14 bits per heavy atom. The van der Waals surface area contributed by atoms with Gasteiger partial charge in [0.05, 0.1) is 0 Å². The van der Waals surface area contributed by atoms with E-state index in [2.05, 4.69) is 4.98 Å². The second-order valence-electron chi connectivity index (χ2n) is 4.01. The van der Waals surface area contributed by atoms with Crippen LogP contribution in [-0.4, -0.2) is 28.9 Å². The molecular weight excluding hydrogens is 343 g/mol. The van der Waals surface area contributed by atoms with Gasteiger partial charge in [0.15, 0.2) is 0 Å². The van der Waals surface area contributed by atoms with Crippen LogP contribution < -0.4 is 0 Å². The Kier molecular flexibility index (Phi) is 4.14. The zero-order valence-corrected chi connectivity index (χ0v) is 9.91. The minimum atomic E-state index is -7.42. The molecular formula is C10H4F11N. The third-order valence-corrected chi connectivity index (χ3v) is 2.53. The summed E-state index contributed by atoms with van der Waals surface area (Å²) in [7, 11) is 0. The van der Waals surface area contributed by atoms with Crippen LogP contribution in [0.25, 0.3) is 0 Å². The number of pyridine rings is 1. The van der Waals surface area contributed by atoms with E-state index in [0.29, 0.717) is 12.3 Å². The minimum Gasteiger partial charge on any atom is -0.255 e.